The molecule has 1 heterocycles. The lowest BCUT2D eigenvalue weighted by Gasteiger charge is -2.16. The molecule has 0 unspecified atom stereocenters. The lowest BCUT2D eigenvalue weighted by Crippen LogP contribution is -2.22. The van der Waals surface area contributed by atoms with Crippen molar-refractivity contribution in [2.24, 2.45) is 0 Å². The molecule has 0 N–H and O–H groups in total. The van der Waals surface area contributed by atoms with Gasteiger partial charge >= 0.3 is 0 Å². The van der Waals surface area contributed by atoms with E-state index in [2.05, 4.69) is 16.1 Å². The molecular formula is C19H21N3O2S. The molecule has 5 nitrogen and oxygen atoms in total. The summed E-state index contributed by atoms with van der Waals surface area (Å²) in [6, 6.07) is 16.0. The van der Waals surface area contributed by atoms with Crippen LogP contribution in [0.4, 0.5) is 0 Å². The van der Waals surface area contributed by atoms with Crippen LogP contribution in [-0.4, -0.2) is 28.8 Å². The summed E-state index contributed by atoms with van der Waals surface area (Å²) >= 11 is 5.31. The van der Waals surface area contributed by atoms with Gasteiger partial charge in [-0.2, -0.15) is 0 Å². The molecule has 0 atom stereocenters. The van der Waals surface area contributed by atoms with Crippen molar-refractivity contribution in [1.82, 2.24) is 14.7 Å². The molecular weight excluding hydrogens is 334 g/mol. The second-order valence-electron chi connectivity index (χ2n) is 6.05. The van der Waals surface area contributed by atoms with Gasteiger partial charge in [-0.3, -0.25) is 4.90 Å². The van der Waals surface area contributed by atoms with Gasteiger partial charge in [-0.1, -0.05) is 29.8 Å². The van der Waals surface area contributed by atoms with Gasteiger partial charge < -0.3 is 9.15 Å². The Balaban J connectivity index is 1.72. The third-order valence-corrected chi connectivity index (χ3v) is 4.16. The zero-order valence-electron chi connectivity index (χ0n) is 14.6. The number of methoxy groups -OCH3 is 1. The maximum atomic E-state index is 5.65. The number of nitrogens with zero attached hydrogens (tertiary/aromatic N) is 3. The first-order chi connectivity index (χ1) is 12.0. The monoisotopic (exact) mass is 355 g/mol. The number of benzene rings is 2. The standard InChI is InChI=1S/C19H21N3O2S/c1-14-7-9-16(10-8-14)18-20-22(19(25)24-18)13-21(2)12-15-5-4-6-17(11-15)23-3/h4-11H,12-13H2,1-3H3. The summed E-state index contributed by atoms with van der Waals surface area (Å²) in [5.41, 5.74) is 3.28. The van der Waals surface area contributed by atoms with Crippen LogP contribution in [0.2, 0.25) is 0 Å². The molecule has 0 amide bonds. The highest BCUT2D eigenvalue weighted by atomic mass is 32.1. The van der Waals surface area contributed by atoms with E-state index < -0.39 is 0 Å². The third-order valence-electron chi connectivity index (χ3n) is 3.87. The minimum Gasteiger partial charge on any atom is -0.497 e. The fourth-order valence-corrected chi connectivity index (χ4v) is 2.75. The van der Waals surface area contributed by atoms with E-state index in [0.717, 1.165) is 23.4 Å². The normalized spacial score (nSPS) is 11.0. The van der Waals surface area contributed by atoms with E-state index in [-0.39, 0.29) is 0 Å². The maximum Gasteiger partial charge on any atom is 0.288 e. The maximum absolute atomic E-state index is 5.65. The lowest BCUT2D eigenvalue weighted by molar-refractivity contribution is 0.240. The van der Waals surface area contributed by atoms with Crippen LogP contribution in [0.1, 0.15) is 11.1 Å². The van der Waals surface area contributed by atoms with Gasteiger partial charge in [0.1, 0.15) is 5.75 Å². The summed E-state index contributed by atoms with van der Waals surface area (Å²) < 4.78 is 12.6. The van der Waals surface area contributed by atoms with Gasteiger partial charge in [-0.05, 0) is 56.0 Å². The van der Waals surface area contributed by atoms with Crippen molar-refractivity contribution in [3.63, 3.8) is 0 Å². The average molecular weight is 355 g/mol. The fraction of sp³-hybridized carbons (Fsp3) is 0.263. The van der Waals surface area contributed by atoms with Crippen molar-refractivity contribution in [3.8, 4) is 17.2 Å². The Morgan fingerprint density at radius 2 is 1.96 bits per heavy atom. The predicted molar refractivity (Wildman–Crippen MR) is 100.0 cm³/mol. The Morgan fingerprint density at radius 1 is 1.20 bits per heavy atom. The van der Waals surface area contributed by atoms with Crippen LogP contribution < -0.4 is 4.74 Å². The highest BCUT2D eigenvalue weighted by Crippen LogP contribution is 2.19. The van der Waals surface area contributed by atoms with Crippen LogP contribution in [0.15, 0.2) is 52.9 Å². The first kappa shape index (κ1) is 17.4. The number of hydrogen-bond donors (Lipinski definition) is 0. The lowest BCUT2D eigenvalue weighted by atomic mass is 10.1. The Hall–Kier alpha value is -2.44. The SMILES string of the molecule is COc1cccc(CN(C)Cn2nc(-c3ccc(C)cc3)oc2=S)c1. The average Bonchev–Trinajstić information content (AvgIpc) is 2.96. The Labute approximate surface area is 152 Å². The molecule has 130 valence electrons. The molecule has 0 aliphatic rings. The minimum absolute atomic E-state index is 0.369. The Bertz CT molecular complexity index is 900. The predicted octanol–water partition coefficient (Wildman–Crippen LogP) is 4.28. The second-order valence-corrected chi connectivity index (χ2v) is 6.40. The van der Waals surface area contributed by atoms with E-state index >= 15 is 0 Å². The number of rotatable bonds is 6. The quantitative estimate of drug-likeness (QED) is 0.618. The van der Waals surface area contributed by atoms with Crippen LogP contribution in [0, 0.1) is 11.8 Å². The summed E-state index contributed by atoms with van der Waals surface area (Å²) in [5.74, 6) is 1.39. The van der Waals surface area contributed by atoms with Crippen molar-refractivity contribution < 1.29 is 9.15 Å². The van der Waals surface area contributed by atoms with E-state index in [0.29, 0.717) is 17.4 Å². The molecule has 0 bridgehead atoms. The van der Waals surface area contributed by atoms with E-state index in [1.54, 1.807) is 11.8 Å². The molecule has 1 aromatic heterocycles. The fourth-order valence-electron chi connectivity index (χ4n) is 2.57. The molecule has 0 radical (unpaired) electrons. The summed E-state index contributed by atoms with van der Waals surface area (Å²) in [7, 11) is 3.69. The number of ether oxygens (including phenoxy) is 1. The van der Waals surface area contributed by atoms with E-state index in [4.69, 9.17) is 21.4 Å². The number of aromatic nitrogens is 2. The topological polar surface area (TPSA) is 43.4 Å². The van der Waals surface area contributed by atoms with Gasteiger partial charge in [0.25, 0.3) is 4.84 Å². The molecule has 0 spiro atoms. The van der Waals surface area contributed by atoms with Gasteiger partial charge in [0.05, 0.1) is 13.8 Å². The largest absolute Gasteiger partial charge is 0.497 e. The van der Waals surface area contributed by atoms with Crippen molar-refractivity contribution in [2.75, 3.05) is 14.2 Å². The number of hydrogen-bond acceptors (Lipinski definition) is 5. The zero-order chi connectivity index (χ0) is 17.8. The molecule has 6 heteroatoms. The van der Waals surface area contributed by atoms with E-state index in [1.165, 1.54) is 5.56 Å². The molecule has 3 aromatic rings. The van der Waals surface area contributed by atoms with Crippen LogP contribution in [-0.2, 0) is 13.2 Å². The van der Waals surface area contributed by atoms with Gasteiger partial charge in [-0.25, -0.2) is 4.68 Å². The second kappa shape index (κ2) is 7.63. The minimum atomic E-state index is 0.369. The van der Waals surface area contributed by atoms with Crippen LogP contribution in [0.3, 0.4) is 0 Å². The van der Waals surface area contributed by atoms with Gasteiger partial charge in [0, 0.05) is 12.1 Å². The molecule has 0 fully saturated rings. The summed E-state index contributed by atoms with van der Waals surface area (Å²) in [5, 5.41) is 4.50. The zero-order valence-corrected chi connectivity index (χ0v) is 15.4. The molecule has 2 aromatic carbocycles. The summed E-state index contributed by atoms with van der Waals surface area (Å²) in [6.45, 7) is 3.35. The molecule has 0 aliphatic carbocycles. The smallest absolute Gasteiger partial charge is 0.288 e. The van der Waals surface area contributed by atoms with Crippen LogP contribution >= 0.6 is 12.2 Å². The van der Waals surface area contributed by atoms with Crippen molar-refractivity contribution >= 4 is 12.2 Å². The van der Waals surface area contributed by atoms with Crippen molar-refractivity contribution in [3.05, 3.63) is 64.5 Å². The summed E-state index contributed by atoms with van der Waals surface area (Å²) in [4.78, 5) is 2.49. The molecule has 3 rings (SSSR count). The van der Waals surface area contributed by atoms with Gasteiger partial charge in [0.2, 0.25) is 5.89 Å². The Kier molecular flexibility index (Phi) is 5.31. The van der Waals surface area contributed by atoms with Crippen molar-refractivity contribution in [1.29, 1.82) is 0 Å². The molecule has 0 saturated carbocycles. The van der Waals surface area contributed by atoms with Gasteiger partial charge in [0.15, 0.2) is 0 Å². The number of aryl methyl sites for hydroxylation is 1. The third kappa shape index (κ3) is 4.35. The molecule has 0 aliphatic heterocycles. The Morgan fingerprint density at radius 3 is 2.68 bits per heavy atom. The molecule has 0 saturated heterocycles. The van der Waals surface area contributed by atoms with Gasteiger partial charge in [-0.15, -0.1) is 5.10 Å². The van der Waals surface area contributed by atoms with Crippen LogP contribution in [0.25, 0.3) is 11.5 Å². The first-order valence-electron chi connectivity index (χ1n) is 8.01. The summed E-state index contributed by atoms with van der Waals surface area (Å²) in [6.07, 6.45) is 0. The highest BCUT2D eigenvalue weighted by Gasteiger charge is 2.10. The van der Waals surface area contributed by atoms with E-state index in [9.17, 15) is 0 Å². The highest BCUT2D eigenvalue weighted by molar-refractivity contribution is 7.71. The van der Waals surface area contributed by atoms with Crippen molar-refractivity contribution in [2.45, 2.75) is 20.1 Å². The van der Waals surface area contributed by atoms with Crippen LogP contribution in [0.5, 0.6) is 5.75 Å². The van der Waals surface area contributed by atoms with E-state index in [1.807, 2.05) is 56.4 Å². The first-order valence-corrected chi connectivity index (χ1v) is 8.42. The molecule has 25 heavy (non-hydrogen) atoms.